The molecule has 1 fully saturated rings. The first-order chi connectivity index (χ1) is 10.3. The van der Waals surface area contributed by atoms with Crippen molar-refractivity contribution in [1.29, 1.82) is 0 Å². The van der Waals surface area contributed by atoms with E-state index in [1.807, 2.05) is 6.92 Å². The number of aromatic nitrogens is 5. The van der Waals surface area contributed by atoms with Crippen LogP contribution in [0.5, 0.6) is 0 Å². The number of nitrogens with zero attached hydrogens (tertiary/aromatic N) is 5. The number of hydrogen-bond donors (Lipinski definition) is 0. The highest BCUT2D eigenvalue weighted by Crippen LogP contribution is 2.40. The Balaban J connectivity index is 1.71. The monoisotopic (exact) mass is 285 g/mol. The summed E-state index contributed by atoms with van der Waals surface area (Å²) in [5.41, 5.74) is 1.02. The number of fused-ring (bicyclic) bond motifs is 1. The Labute approximate surface area is 120 Å². The Morgan fingerprint density at radius 3 is 2.95 bits per heavy atom. The van der Waals surface area contributed by atoms with Gasteiger partial charge in [-0.05, 0) is 19.8 Å². The first-order valence-corrected chi connectivity index (χ1v) is 7.12. The maximum atomic E-state index is 12.5. The molecule has 0 bridgehead atoms. The second-order valence-electron chi connectivity index (χ2n) is 5.30. The third kappa shape index (κ3) is 2.05. The summed E-state index contributed by atoms with van der Waals surface area (Å²) in [7, 11) is 0. The lowest BCUT2D eigenvalue weighted by molar-refractivity contribution is 0.440. The van der Waals surface area contributed by atoms with Gasteiger partial charge < -0.3 is 4.42 Å². The average Bonchev–Trinajstić information content (AvgIpc) is 3.09. The Morgan fingerprint density at radius 1 is 1.33 bits per heavy atom. The predicted molar refractivity (Wildman–Crippen MR) is 75.0 cm³/mol. The molecule has 0 radical (unpaired) electrons. The number of aryl methyl sites for hydroxylation is 1. The molecule has 0 aliphatic heterocycles. The Hall–Kier alpha value is -2.44. The zero-order chi connectivity index (χ0) is 14.4. The first-order valence-electron chi connectivity index (χ1n) is 7.12. The second-order valence-corrected chi connectivity index (χ2v) is 5.30. The van der Waals surface area contributed by atoms with Crippen LogP contribution in [0.25, 0.3) is 11.0 Å². The fourth-order valence-electron chi connectivity index (χ4n) is 2.46. The molecule has 1 saturated carbocycles. The van der Waals surface area contributed by atoms with Gasteiger partial charge >= 0.3 is 0 Å². The van der Waals surface area contributed by atoms with Crippen LogP contribution in [0.4, 0.5) is 0 Å². The molecule has 7 heteroatoms. The Kier molecular flexibility index (Phi) is 2.66. The van der Waals surface area contributed by atoms with Crippen molar-refractivity contribution in [1.82, 2.24) is 24.3 Å². The fraction of sp³-hybridized carbons (Fsp3) is 0.429. The van der Waals surface area contributed by atoms with Gasteiger partial charge in [0.2, 0.25) is 5.89 Å². The van der Waals surface area contributed by atoms with Crippen LogP contribution >= 0.6 is 0 Å². The summed E-state index contributed by atoms with van der Waals surface area (Å²) in [5.74, 6) is 1.98. The van der Waals surface area contributed by atoms with Gasteiger partial charge in [-0.2, -0.15) is 5.10 Å². The number of oxazole rings is 1. The van der Waals surface area contributed by atoms with Crippen molar-refractivity contribution < 1.29 is 4.42 Å². The van der Waals surface area contributed by atoms with Crippen LogP contribution in [0, 0.1) is 0 Å². The normalized spacial score (nSPS) is 14.9. The third-order valence-corrected chi connectivity index (χ3v) is 3.78. The van der Waals surface area contributed by atoms with Crippen molar-refractivity contribution in [2.24, 2.45) is 0 Å². The minimum atomic E-state index is -0.120. The van der Waals surface area contributed by atoms with Gasteiger partial charge in [-0.25, -0.2) is 9.97 Å². The van der Waals surface area contributed by atoms with Crippen LogP contribution in [0.1, 0.15) is 37.3 Å². The minimum Gasteiger partial charge on any atom is -0.443 e. The molecule has 4 rings (SSSR count). The van der Waals surface area contributed by atoms with Crippen LogP contribution < -0.4 is 5.56 Å². The lowest BCUT2D eigenvalue weighted by Gasteiger charge is -2.03. The summed E-state index contributed by atoms with van der Waals surface area (Å²) in [6, 6.07) is 0. The van der Waals surface area contributed by atoms with Gasteiger partial charge in [0.05, 0.1) is 18.7 Å². The maximum Gasteiger partial charge on any atom is 0.279 e. The molecule has 0 unspecified atom stereocenters. The highest BCUT2D eigenvalue weighted by atomic mass is 16.4. The molecule has 0 amide bonds. The molecule has 1 aliphatic carbocycles. The largest absolute Gasteiger partial charge is 0.443 e. The zero-order valence-corrected chi connectivity index (χ0v) is 11.7. The molecule has 0 N–H and O–H groups in total. The van der Waals surface area contributed by atoms with Gasteiger partial charge in [-0.3, -0.25) is 14.0 Å². The fourth-order valence-corrected chi connectivity index (χ4v) is 2.46. The lowest BCUT2D eigenvalue weighted by atomic mass is 10.3. The van der Waals surface area contributed by atoms with Gasteiger partial charge in [0.1, 0.15) is 17.8 Å². The highest BCUT2D eigenvalue weighted by molar-refractivity contribution is 5.72. The summed E-state index contributed by atoms with van der Waals surface area (Å²) in [4.78, 5) is 21.0. The lowest BCUT2D eigenvalue weighted by Crippen LogP contribution is -2.23. The van der Waals surface area contributed by atoms with E-state index >= 15 is 0 Å². The van der Waals surface area contributed by atoms with E-state index in [2.05, 4.69) is 15.1 Å². The van der Waals surface area contributed by atoms with E-state index in [0.29, 0.717) is 35.9 Å². The molecular formula is C14H15N5O2. The molecule has 0 spiro atoms. The average molecular weight is 285 g/mol. The molecule has 0 aromatic carbocycles. The number of hydrogen-bond acceptors (Lipinski definition) is 5. The van der Waals surface area contributed by atoms with Crippen molar-refractivity contribution >= 4 is 11.0 Å². The van der Waals surface area contributed by atoms with Crippen molar-refractivity contribution in [3.05, 3.63) is 40.7 Å². The van der Waals surface area contributed by atoms with Gasteiger partial charge in [0.25, 0.3) is 5.56 Å². The Morgan fingerprint density at radius 2 is 2.19 bits per heavy atom. The topological polar surface area (TPSA) is 78.7 Å². The van der Waals surface area contributed by atoms with E-state index in [1.165, 1.54) is 10.9 Å². The van der Waals surface area contributed by atoms with Crippen molar-refractivity contribution in [3.8, 4) is 0 Å². The third-order valence-electron chi connectivity index (χ3n) is 3.78. The molecule has 3 aromatic rings. The van der Waals surface area contributed by atoms with Crippen LogP contribution in [-0.4, -0.2) is 24.3 Å². The van der Waals surface area contributed by atoms with Crippen molar-refractivity contribution in [2.45, 2.75) is 38.8 Å². The van der Waals surface area contributed by atoms with Gasteiger partial charge in [-0.15, -0.1) is 0 Å². The van der Waals surface area contributed by atoms with Crippen molar-refractivity contribution in [2.75, 3.05) is 0 Å². The number of rotatable bonds is 4. The summed E-state index contributed by atoms with van der Waals surface area (Å²) >= 11 is 0. The molecule has 7 nitrogen and oxygen atoms in total. The van der Waals surface area contributed by atoms with Crippen LogP contribution in [0.15, 0.2) is 27.9 Å². The standard InChI is InChI=1S/C14H15N5O2/c1-2-19-13-10(5-17-19)16-8-18(14(13)20)7-12-15-6-11(21-12)9-3-4-9/h5-6,8-9H,2-4,7H2,1H3. The van der Waals surface area contributed by atoms with Crippen LogP contribution in [0.3, 0.4) is 0 Å². The summed E-state index contributed by atoms with van der Waals surface area (Å²) in [6.07, 6.45) is 7.23. The zero-order valence-electron chi connectivity index (χ0n) is 11.7. The molecule has 1 aliphatic rings. The predicted octanol–water partition coefficient (Wildman–Crippen LogP) is 1.53. The first kappa shape index (κ1) is 12.3. The quantitative estimate of drug-likeness (QED) is 0.726. The molecule has 3 aromatic heterocycles. The van der Waals surface area contributed by atoms with Gasteiger partial charge in [-0.1, -0.05) is 0 Å². The molecule has 0 saturated heterocycles. The molecular weight excluding hydrogens is 270 g/mol. The van der Waals surface area contributed by atoms with Crippen LogP contribution in [0.2, 0.25) is 0 Å². The summed E-state index contributed by atoms with van der Waals surface area (Å²) < 4.78 is 8.87. The van der Waals surface area contributed by atoms with Crippen LogP contribution in [-0.2, 0) is 13.1 Å². The van der Waals surface area contributed by atoms with E-state index in [4.69, 9.17) is 4.42 Å². The smallest absolute Gasteiger partial charge is 0.279 e. The molecule has 0 atom stereocenters. The molecule has 108 valence electrons. The SMILES string of the molecule is CCn1ncc2ncn(Cc3ncc(C4CC4)o3)c(=O)c21. The summed E-state index contributed by atoms with van der Waals surface area (Å²) in [6.45, 7) is 2.87. The van der Waals surface area contributed by atoms with E-state index < -0.39 is 0 Å². The van der Waals surface area contributed by atoms with E-state index in [9.17, 15) is 4.79 Å². The molecule has 21 heavy (non-hydrogen) atoms. The van der Waals surface area contributed by atoms with E-state index in [-0.39, 0.29) is 5.56 Å². The van der Waals surface area contributed by atoms with Gasteiger partial charge in [0.15, 0.2) is 5.52 Å². The molecule has 3 heterocycles. The Bertz CT molecular complexity index is 856. The highest BCUT2D eigenvalue weighted by Gasteiger charge is 2.27. The van der Waals surface area contributed by atoms with E-state index in [1.54, 1.807) is 17.1 Å². The van der Waals surface area contributed by atoms with E-state index in [0.717, 1.165) is 18.6 Å². The second kappa shape index (κ2) is 4.54. The minimum absolute atomic E-state index is 0.120. The maximum absolute atomic E-state index is 12.5. The summed E-state index contributed by atoms with van der Waals surface area (Å²) in [5, 5.41) is 4.16. The van der Waals surface area contributed by atoms with Gasteiger partial charge in [0, 0.05) is 12.5 Å². The van der Waals surface area contributed by atoms with Crippen molar-refractivity contribution in [3.63, 3.8) is 0 Å².